The van der Waals surface area contributed by atoms with E-state index in [1.165, 1.54) is 26.1 Å². The maximum absolute atomic E-state index is 14.3. The molecule has 11 atom stereocenters. The molecule has 2 aliphatic carbocycles. The molecule has 2 fully saturated rings. The fraction of sp³-hybridized carbons (Fsp3) is 0.561. The van der Waals surface area contributed by atoms with E-state index in [0.29, 0.717) is 5.56 Å². The normalized spacial score (nSPS) is 26.6. The van der Waals surface area contributed by atoms with E-state index in [2.05, 4.69) is 26.4 Å². The summed E-state index contributed by atoms with van der Waals surface area (Å²) in [5.74, 6) is -1.48. The molecule has 23 heteroatoms. The summed E-state index contributed by atoms with van der Waals surface area (Å²) in [7, 11) is 1.34. The van der Waals surface area contributed by atoms with Crippen LogP contribution in [0.3, 0.4) is 0 Å². The van der Waals surface area contributed by atoms with Crippen molar-refractivity contribution >= 4 is 36.2 Å². The summed E-state index contributed by atoms with van der Waals surface area (Å²) in [6.45, 7) is 15.3. The van der Waals surface area contributed by atoms with E-state index in [9.17, 15) is 44.2 Å². The summed E-state index contributed by atoms with van der Waals surface area (Å²) < 4.78 is 47.6. The standard InChI is InChI=1S/C57H76N6O17/c1-54(2,3)78-51(68)59-39-25-24-33(27-58-49(66)73-28-31-20-22-32(62-72)23-21-31)76-45(39)42-40(60-52(69)79-55(4,5)6)26-41(61-50(67)74-29-38-36-18-14-12-16-34(36)35-17-13-15-19-37(35)38)46(43(42)64)77-48-44(65)47(57(10,71)30-75-48)63(11)53(70)80-56(7,8)9/h12-24,38-48,64-65,71H,25-30H2,1-11H3,(H,58,66)(H,59,68)(H,60,69)(H,61,67). The lowest BCUT2D eigenvalue weighted by Crippen LogP contribution is -2.71. The van der Waals surface area contributed by atoms with Crippen LogP contribution in [0.4, 0.5) is 29.7 Å². The molecule has 0 aromatic heterocycles. The zero-order valence-electron chi connectivity index (χ0n) is 47.1. The second kappa shape index (κ2) is 24.8. The molecule has 4 aliphatic rings. The number of fused-ring (bicyclic) bond motifs is 3. The number of amides is 5. The summed E-state index contributed by atoms with van der Waals surface area (Å²) in [5, 5.41) is 51.0. The van der Waals surface area contributed by atoms with Gasteiger partial charge < -0.3 is 79.4 Å². The van der Waals surface area contributed by atoms with Gasteiger partial charge >= 0.3 is 30.5 Å². The topological polar surface area (TPSA) is 301 Å². The lowest BCUT2D eigenvalue weighted by Gasteiger charge is -2.52. The van der Waals surface area contributed by atoms with Crippen LogP contribution in [0.5, 0.6) is 0 Å². The number of ether oxygens (including phenoxy) is 8. The van der Waals surface area contributed by atoms with Crippen LogP contribution in [-0.2, 0) is 44.5 Å². The molecule has 7 rings (SSSR count). The van der Waals surface area contributed by atoms with Gasteiger partial charge in [0.1, 0.15) is 65.4 Å². The first kappa shape index (κ1) is 60.6. The summed E-state index contributed by atoms with van der Waals surface area (Å²) >= 11 is 0. The average Bonchev–Trinajstić information content (AvgIpc) is 3.72. The molecule has 2 heterocycles. The van der Waals surface area contributed by atoms with Gasteiger partial charge in [0.2, 0.25) is 0 Å². The van der Waals surface area contributed by atoms with E-state index >= 15 is 0 Å². The average molecular weight is 1120 g/mol. The lowest BCUT2D eigenvalue weighted by molar-refractivity contribution is -0.305. The van der Waals surface area contributed by atoms with E-state index in [-0.39, 0.29) is 50.0 Å². The highest BCUT2D eigenvalue weighted by Gasteiger charge is 2.57. The smallest absolute Gasteiger partial charge is 0.410 e. The third-order valence-corrected chi connectivity index (χ3v) is 13.8. The number of carbonyl (C=O) groups excluding carboxylic acids is 5. The molecule has 2 aliphatic heterocycles. The van der Waals surface area contributed by atoms with Crippen LogP contribution in [0.1, 0.15) is 105 Å². The number of nitrogens with zero attached hydrogens (tertiary/aromatic N) is 2. The van der Waals surface area contributed by atoms with Crippen molar-refractivity contribution in [3.63, 3.8) is 0 Å². The predicted octanol–water partition coefficient (Wildman–Crippen LogP) is 7.15. The van der Waals surface area contributed by atoms with Crippen molar-refractivity contribution < 1.29 is 77.2 Å². The first-order chi connectivity index (χ1) is 37.5. The molecule has 0 radical (unpaired) electrons. The molecular formula is C57H76N6O17. The van der Waals surface area contributed by atoms with Crippen molar-refractivity contribution in [2.45, 2.75) is 172 Å². The van der Waals surface area contributed by atoms with E-state index in [1.807, 2.05) is 48.5 Å². The zero-order chi connectivity index (χ0) is 58.5. The zero-order valence-corrected chi connectivity index (χ0v) is 47.1. The Balaban J connectivity index is 1.23. The summed E-state index contributed by atoms with van der Waals surface area (Å²) in [4.78, 5) is 80.4. The van der Waals surface area contributed by atoms with Gasteiger partial charge in [-0.05, 0) is 133 Å². The maximum atomic E-state index is 14.3. The molecule has 80 heavy (non-hydrogen) atoms. The Hall–Kier alpha value is -7.05. The predicted molar refractivity (Wildman–Crippen MR) is 289 cm³/mol. The lowest BCUT2D eigenvalue weighted by atomic mass is 9.72. The van der Waals surface area contributed by atoms with Gasteiger partial charge in [0.15, 0.2) is 6.29 Å². The summed E-state index contributed by atoms with van der Waals surface area (Å²) in [6.07, 6.45) is -11.2. The number of hydrogen-bond donors (Lipinski definition) is 7. The van der Waals surface area contributed by atoms with Crippen molar-refractivity contribution in [2.24, 2.45) is 11.1 Å². The number of alkyl carbamates (subject to hydrolysis) is 4. The molecule has 1 saturated heterocycles. The summed E-state index contributed by atoms with van der Waals surface area (Å²) in [5.41, 5.74) is -0.104. The number of nitroso groups, excluding NO2 is 1. The molecule has 23 nitrogen and oxygen atoms in total. The molecule has 7 N–H and O–H groups in total. The van der Waals surface area contributed by atoms with Crippen molar-refractivity contribution in [3.05, 3.63) is 106 Å². The van der Waals surface area contributed by atoms with Gasteiger partial charge in [-0.15, -0.1) is 4.91 Å². The Labute approximate surface area is 465 Å². The fourth-order valence-corrected chi connectivity index (χ4v) is 10.5. The SMILES string of the molecule is CN(C(=O)OC(C)(C)C)C1C(O)C(OC2C(NC(=O)OCC3c4ccccc4-c4ccccc43)CC(NC(=O)OC(C)(C)C)C(C3OC(CNC(=O)OCc4ccc(N=O)cc4)=CCC3NC(=O)OC(C)(C)C)C2O)OCC1(C)O. The Morgan fingerprint density at radius 2 is 1.29 bits per heavy atom. The Kier molecular flexibility index (Phi) is 18.8. The molecule has 1 saturated carbocycles. The second-order valence-electron chi connectivity index (χ2n) is 23.7. The van der Waals surface area contributed by atoms with Gasteiger partial charge in [-0.3, -0.25) is 0 Å². The fourth-order valence-electron chi connectivity index (χ4n) is 10.5. The van der Waals surface area contributed by atoms with Gasteiger partial charge in [0.25, 0.3) is 0 Å². The van der Waals surface area contributed by atoms with Crippen molar-refractivity contribution in [1.82, 2.24) is 26.2 Å². The van der Waals surface area contributed by atoms with E-state index in [1.54, 1.807) is 80.5 Å². The molecule has 5 amide bonds. The van der Waals surface area contributed by atoms with E-state index < -0.39 is 120 Å². The number of hydrogen-bond acceptors (Lipinski definition) is 18. The molecule has 436 valence electrons. The highest BCUT2D eigenvalue weighted by molar-refractivity contribution is 5.79. The van der Waals surface area contributed by atoms with Crippen LogP contribution >= 0.6 is 0 Å². The minimum absolute atomic E-state index is 0.0284. The van der Waals surface area contributed by atoms with Gasteiger partial charge in [-0.25, -0.2) is 24.0 Å². The van der Waals surface area contributed by atoms with Gasteiger partial charge in [-0.2, -0.15) is 0 Å². The van der Waals surface area contributed by atoms with Crippen molar-refractivity contribution in [1.29, 1.82) is 0 Å². The third-order valence-electron chi connectivity index (χ3n) is 13.8. The molecule has 0 spiro atoms. The minimum Gasteiger partial charge on any atom is -0.491 e. The Bertz CT molecular complexity index is 2690. The number of likely N-dealkylation sites (N-methyl/N-ethyl adjacent to an activating group) is 1. The first-order valence-electron chi connectivity index (χ1n) is 26.6. The maximum Gasteiger partial charge on any atom is 0.410 e. The molecule has 3 aromatic carbocycles. The Morgan fingerprint density at radius 1 is 0.725 bits per heavy atom. The minimum atomic E-state index is -1.87. The van der Waals surface area contributed by atoms with E-state index in [4.69, 9.17) is 37.9 Å². The van der Waals surface area contributed by atoms with Crippen LogP contribution in [-0.4, -0.2) is 155 Å². The van der Waals surface area contributed by atoms with Crippen LogP contribution in [0.15, 0.2) is 89.8 Å². The highest BCUT2D eigenvalue weighted by atomic mass is 16.7. The number of aliphatic hydroxyl groups excluding tert-OH is 2. The molecule has 0 bridgehead atoms. The van der Waals surface area contributed by atoms with Crippen molar-refractivity contribution in [3.8, 4) is 11.1 Å². The van der Waals surface area contributed by atoms with E-state index in [0.717, 1.165) is 27.2 Å². The van der Waals surface area contributed by atoms with Crippen LogP contribution < -0.4 is 21.3 Å². The summed E-state index contributed by atoms with van der Waals surface area (Å²) in [6, 6.07) is 16.8. The Morgan fingerprint density at radius 3 is 1.86 bits per heavy atom. The number of nitrogens with one attached hydrogen (secondary N) is 4. The first-order valence-corrected chi connectivity index (χ1v) is 26.6. The quantitative estimate of drug-likeness (QED) is 0.0623. The van der Waals surface area contributed by atoms with Gasteiger partial charge in [0.05, 0.1) is 37.4 Å². The third kappa shape index (κ3) is 15.4. The number of aliphatic hydroxyl groups is 3. The number of benzene rings is 3. The van der Waals surface area contributed by atoms with Crippen LogP contribution in [0.2, 0.25) is 0 Å². The van der Waals surface area contributed by atoms with Crippen LogP contribution in [0.25, 0.3) is 11.1 Å². The van der Waals surface area contributed by atoms with Crippen molar-refractivity contribution in [2.75, 3.05) is 26.8 Å². The highest BCUT2D eigenvalue weighted by Crippen LogP contribution is 2.45. The van der Waals surface area contributed by atoms with Gasteiger partial charge in [-0.1, -0.05) is 60.7 Å². The molecule has 3 aromatic rings. The molecule has 11 unspecified atom stereocenters. The second-order valence-corrected chi connectivity index (χ2v) is 23.7. The largest absolute Gasteiger partial charge is 0.491 e. The molecular weight excluding hydrogens is 1040 g/mol. The monoisotopic (exact) mass is 1120 g/mol. The van der Waals surface area contributed by atoms with Gasteiger partial charge in [0, 0.05) is 24.9 Å². The number of carbonyl (C=O) groups is 5. The number of rotatable bonds is 14. The van der Waals surface area contributed by atoms with Crippen LogP contribution in [0, 0.1) is 10.8 Å².